The fraction of sp³-hybridized carbons (Fsp3) is 0.235. The summed E-state index contributed by atoms with van der Waals surface area (Å²) in [6.07, 6.45) is 1.21. The minimum atomic E-state index is -0.565. The molecule has 8 nitrogen and oxygen atoms in total. The maximum atomic E-state index is 12.1. The van der Waals surface area contributed by atoms with Crippen LogP contribution in [0.1, 0.15) is 34.6 Å². The Balaban J connectivity index is 1.61. The highest BCUT2D eigenvalue weighted by atomic mass is 35.5. The maximum Gasteiger partial charge on any atom is 0.271 e. The molecule has 2 amide bonds. The fourth-order valence-corrected chi connectivity index (χ4v) is 2.37. The van der Waals surface area contributed by atoms with Crippen LogP contribution in [-0.2, 0) is 0 Å². The Morgan fingerprint density at radius 3 is 2.50 bits per heavy atom. The molecule has 1 aromatic carbocycles. The number of carbonyl (C=O) groups is 2. The van der Waals surface area contributed by atoms with E-state index in [1.165, 1.54) is 18.3 Å². The molecule has 0 radical (unpaired) electrons. The van der Waals surface area contributed by atoms with Crippen LogP contribution < -0.4 is 25.1 Å². The Morgan fingerprint density at radius 2 is 1.81 bits per heavy atom. The summed E-state index contributed by atoms with van der Waals surface area (Å²) in [5, 5.41) is 0.202. The topological polar surface area (TPSA) is 98.8 Å². The molecule has 2 aromatic rings. The van der Waals surface area contributed by atoms with E-state index in [1.807, 2.05) is 13.8 Å². The number of hydrogen-bond acceptors (Lipinski definition) is 6. The maximum absolute atomic E-state index is 12.1. The number of carbonyl (C=O) groups excluding carboxylic acids is 2. The molecule has 0 aliphatic carbocycles. The molecule has 2 N–H and O–H groups in total. The standard InChI is InChI=1S/C17H16ClN3O5/c1-9(2)26-17-12(18)5-11(7-19-17)16(23)21-20-15(22)10-3-4-13-14(6-10)25-8-24-13/h3-7,9H,8H2,1-2H3,(H,20,22)(H,21,23). The van der Waals surface area contributed by atoms with Gasteiger partial charge in [0.25, 0.3) is 11.8 Å². The molecule has 2 heterocycles. The molecule has 0 unspecified atom stereocenters. The average molecular weight is 378 g/mol. The molecule has 136 valence electrons. The summed E-state index contributed by atoms with van der Waals surface area (Å²) in [6, 6.07) is 6.12. The highest BCUT2D eigenvalue weighted by Crippen LogP contribution is 2.32. The molecule has 0 saturated heterocycles. The Kier molecular flexibility index (Phi) is 5.13. The third-order valence-corrected chi connectivity index (χ3v) is 3.61. The first-order valence-corrected chi connectivity index (χ1v) is 8.14. The number of hydrogen-bond donors (Lipinski definition) is 2. The Hall–Kier alpha value is -3.00. The van der Waals surface area contributed by atoms with Crippen molar-refractivity contribution in [3.8, 4) is 17.4 Å². The highest BCUT2D eigenvalue weighted by molar-refractivity contribution is 6.32. The van der Waals surface area contributed by atoms with Crippen molar-refractivity contribution in [2.45, 2.75) is 20.0 Å². The summed E-state index contributed by atoms with van der Waals surface area (Å²) in [7, 11) is 0. The van der Waals surface area contributed by atoms with Gasteiger partial charge in [0, 0.05) is 11.8 Å². The van der Waals surface area contributed by atoms with Gasteiger partial charge in [0.05, 0.1) is 11.7 Å². The van der Waals surface area contributed by atoms with E-state index in [2.05, 4.69) is 15.8 Å². The van der Waals surface area contributed by atoms with Gasteiger partial charge in [-0.1, -0.05) is 11.6 Å². The number of nitrogens with zero attached hydrogens (tertiary/aromatic N) is 1. The number of aromatic nitrogens is 1. The number of amides is 2. The van der Waals surface area contributed by atoms with E-state index in [9.17, 15) is 9.59 Å². The van der Waals surface area contributed by atoms with E-state index >= 15 is 0 Å². The number of ether oxygens (including phenoxy) is 3. The molecule has 1 aromatic heterocycles. The van der Waals surface area contributed by atoms with Crippen molar-refractivity contribution in [2.75, 3.05) is 6.79 Å². The van der Waals surface area contributed by atoms with Crippen LogP contribution in [0.4, 0.5) is 0 Å². The van der Waals surface area contributed by atoms with Crippen LogP contribution >= 0.6 is 11.6 Å². The van der Waals surface area contributed by atoms with Gasteiger partial charge in [0.15, 0.2) is 11.5 Å². The van der Waals surface area contributed by atoms with Gasteiger partial charge >= 0.3 is 0 Å². The zero-order valence-electron chi connectivity index (χ0n) is 14.0. The summed E-state index contributed by atoms with van der Waals surface area (Å²) in [5.74, 6) is 0.207. The average Bonchev–Trinajstić information content (AvgIpc) is 3.08. The van der Waals surface area contributed by atoms with Gasteiger partial charge in [-0.15, -0.1) is 0 Å². The molecule has 0 saturated carbocycles. The number of halogens is 1. The van der Waals surface area contributed by atoms with Gasteiger partial charge in [-0.25, -0.2) is 4.98 Å². The summed E-state index contributed by atoms with van der Waals surface area (Å²) >= 11 is 6.05. The smallest absolute Gasteiger partial charge is 0.271 e. The third-order valence-electron chi connectivity index (χ3n) is 3.34. The van der Waals surface area contributed by atoms with Gasteiger partial charge in [0.2, 0.25) is 12.7 Å². The molecule has 1 aliphatic heterocycles. The molecule has 0 spiro atoms. The number of nitrogens with one attached hydrogen (secondary N) is 2. The Morgan fingerprint density at radius 1 is 1.12 bits per heavy atom. The van der Waals surface area contributed by atoms with E-state index < -0.39 is 11.8 Å². The second-order valence-electron chi connectivity index (χ2n) is 5.65. The summed E-state index contributed by atoms with van der Waals surface area (Å²) in [5.41, 5.74) is 5.11. The number of hydrazine groups is 1. The fourth-order valence-electron chi connectivity index (χ4n) is 2.16. The lowest BCUT2D eigenvalue weighted by Gasteiger charge is -2.11. The molecular weight excluding hydrogens is 362 g/mol. The van der Waals surface area contributed by atoms with Crippen LogP contribution in [0.15, 0.2) is 30.5 Å². The number of rotatable bonds is 4. The first kappa shape index (κ1) is 17.8. The summed E-state index contributed by atoms with van der Waals surface area (Å²) in [6.45, 7) is 3.79. The van der Waals surface area contributed by atoms with Crippen molar-refractivity contribution >= 4 is 23.4 Å². The predicted octanol–water partition coefficient (Wildman–Crippen LogP) is 2.33. The highest BCUT2D eigenvalue weighted by Gasteiger charge is 2.17. The van der Waals surface area contributed by atoms with Crippen LogP contribution in [0, 0.1) is 0 Å². The Bertz CT molecular complexity index is 856. The minimum absolute atomic E-state index is 0.0966. The van der Waals surface area contributed by atoms with Gasteiger partial charge < -0.3 is 14.2 Å². The molecule has 1 aliphatic rings. The van der Waals surface area contributed by atoms with Crippen molar-refractivity contribution in [3.05, 3.63) is 46.6 Å². The molecule has 0 fully saturated rings. The van der Waals surface area contributed by atoms with E-state index in [0.717, 1.165) is 0 Å². The lowest BCUT2D eigenvalue weighted by atomic mass is 10.2. The molecule has 9 heteroatoms. The molecule has 3 rings (SSSR count). The van der Waals surface area contributed by atoms with Gasteiger partial charge in [-0.3, -0.25) is 20.4 Å². The van der Waals surface area contributed by atoms with E-state index in [4.69, 9.17) is 25.8 Å². The largest absolute Gasteiger partial charge is 0.474 e. The quantitative estimate of drug-likeness (QED) is 0.793. The van der Waals surface area contributed by atoms with Crippen LogP contribution in [0.5, 0.6) is 17.4 Å². The molecule has 0 bridgehead atoms. The SMILES string of the molecule is CC(C)Oc1ncc(C(=O)NNC(=O)c2ccc3c(c2)OCO3)cc1Cl. The number of pyridine rings is 1. The van der Waals surface area contributed by atoms with Crippen molar-refractivity contribution in [1.82, 2.24) is 15.8 Å². The van der Waals surface area contributed by atoms with Gasteiger partial charge in [-0.2, -0.15) is 0 Å². The first-order chi connectivity index (χ1) is 12.4. The zero-order chi connectivity index (χ0) is 18.7. The second kappa shape index (κ2) is 7.49. The summed E-state index contributed by atoms with van der Waals surface area (Å²) in [4.78, 5) is 28.3. The monoisotopic (exact) mass is 377 g/mol. The summed E-state index contributed by atoms with van der Waals surface area (Å²) < 4.78 is 15.8. The van der Waals surface area contributed by atoms with Crippen molar-refractivity contribution in [3.63, 3.8) is 0 Å². The molecule has 0 atom stereocenters. The normalized spacial score (nSPS) is 12.0. The predicted molar refractivity (Wildman–Crippen MR) is 92.5 cm³/mol. The molecule has 26 heavy (non-hydrogen) atoms. The number of benzene rings is 1. The van der Waals surface area contributed by atoms with E-state index in [0.29, 0.717) is 17.1 Å². The van der Waals surface area contributed by atoms with Crippen molar-refractivity contribution in [1.29, 1.82) is 0 Å². The van der Waals surface area contributed by atoms with Crippen LogP contribution in [0.2, 0.25) is 5.02 Å². The van der Waals surface area contributed by atoms with Crippen molar-refractivity contribution in [2.24, 2.45) is 0 Å². The van der Waals surface area contributed by atoms with Crippen LogP contribution in [0.3, 0.4) is 0 Å². The first-order valence-electron chi connectivity index (χ1n) is 7.76. The van der Waals surface area contributed by atoms with Crippen LogP contribution in [-0.4, -0.2) is 29.7 Å². The molecular formula is C17H16ClN3O5. The third kappa shape index (κ3) is 3.97. The zero-order valence-corrected chi connectivity index (χ0v) is 14.8. The lowest BCUT2D eigenvalue weighted by molar-refractivity contribution is 0.0846. The minimum Gasteiger partial charge on any atom is -0.474 e. The van der Waals surface area contributed by atoms with E-state index in [-0.39, 0.29) is 29.4 Å². The van der Waals surface area contributed by atoms with E-state index in [1.54, 1.807) is 12.1 Å². The second-order valence-corrected chi connectivity index (χ2v) is 6.06. The van der Waals surface area contributed by atoms with Crippen molar-refractivity contribution < 1.29 is 23.8 Å². The van der Waals surface area contributed by atoms with Crippen LogP contribution in [0.25, 0.3) is 0 Å². The number of fused-ring (bicyclic) bond motifs is 1. The Labute approximate surface area is 154 Å². The lowest BCUT2D eigenvalue weighted by Crippen LogP contribution is -2.41. The van der Waals surface area contributed by atoms with Gasteiger partial charge in [0.1, 0.15) is 5.02 Å². The van der Waals surface area contributed by atoms with Gasteiger partial charge in [-0.05, 0) is 38.1 Å².